The van der Waals surface area contributed by atoms with Crippen molar-refractivity contribution in [1.29, 1.82) is 0 Å². The van der Waals surface area contributed by atoms with Crippen molar-refractivity contribution >= 4 is 15.7 Å². The van der Waals surface area contributed by atoms with E-state index in [1.165, 1.54) is 17.0 Å². The first-order chi connectivity index (χ1) is 13.3. The number of likely N-dealkylation sites (tertiary alicyclic amines) is 1. The highest BCUT2D eigenvalue weighted by molar-refractivity contribution is 7.92. The largest absolute Gasteiger partial charge is 0.497 e. The van der Waals surface area contributed by atoms with Gasteiger partial charge in [-0.3, -0.25) is 4.79 Å². The molecule has 1 heterocycles. The number of benzene rings is 2. The zero-order valence-electron chi connectivity index (χ0n) is 15.7. The standard InChI is InChI=1S/C20H22FNO5S/c1-26-16-7-3-14(19(11-16)27-2)4-10-20(23)22-12-18(13-22)28(24,25)17-8-5-15(21)6-9-17/h3,5-9,11,18H,4,10,12-13H2,1-2H3. The second-order valence-corrected chi connectivity index (χ2v) is 8.83. The molecular weight excluding hydrogens is 385 g/mol. The fourth-order valence-electron chi connectivity index (χ4n) is 3.11. The van der Waals surface area contributed by atoms with Crippen LogP contribution < -0.4 is 9.47 Å². The number of ether oxygens (including phenoxy) is 2. The average Bonchev–Trinajstić information content (AvgIpc) is 2.65. The van der Waals surface area contributed by atoms with Crippen LogP contribution in [0.15, 0.2) is 47.4 Å². The zero-order valence-corrected chi connectivity index (χ0v) is 16.5. The predicted molar refractivity (Wildman–Crippen MR) is 102 cm³/mol. The van der Waals surface area contributed by atoms with Gasteiger partial charge in [0, 0.05) is 25.6 Å². The van der Waals surface area contributed by atoms with Crippen molar-refractivity contribution in [1.82, 2.24) is 4.90 Å². The van der Waals surface area contributed by atoms with Crippen LogP contribution in [-0.4, -0.2) is 51.8 Å². The van der Waals surface area contributed by atoms with Crippen molar-refractivity contribution in [3.63, 3.8) is 0 Å². The highest BCUT2D eigenvalue weighted by Gasteiger charge is 2.40. The van der Waals surface area contributed by atoms with Crippen molar-refractivity contribution in [2.75, 3.05) is 27.3 Å². The lowest BCUT2D eigenvalue weighted by molar-refractivity contribution is -0.134. The minimum absolute atomic E-state index is 0.0777. The smallest absolute Gasteiger partial charge is 0.222 e. The van der Waals surface area contributed by atoms with Crippen LogP contribution in [0.2, 0.25) is 0 Å². The summed E-state index contributed by atoms with van der Waals surface area (Å²) in [6, 6.07) is 10.2. The molecule has 8 heteroatoms. The molecule has 0 unspecified atom stereocenters. The Labute approximate surface area is 163 Å². The summed E-state index contributed by atoms with van der Waals surface area (Å²) in [5, 5.41) is -0.655. The topological polar surface area (TPSA) is 72.9 Å². The Morgan fingerprint density at radius 2 is 1.79 bits per heavy atom. The highest BCUT2D eigenvalue weighted by atomic mass is 32.2. The van der Waals surface area contributed by atoms with E-state index in [0.717, 1.165) is 17.7 Å². The number of halogens is 1. The molecule has 2 aromatic carbocycles. The van der Waals surface area contributed by atoms with E-state index in [1.807, 2.05) is 6.07 Å². The van der Waals surface area contributed by atoms with Crippen LogP contribution in [0, 0.1) is 5.82 Å². The number of hydrogen-bond donors (Lipinski definition) is 0. The second kappa shape index (κ2) is 8.18. The summed E-state index contributed by atoms with van der Waals surface area (Å²) in [5.74, 6) is 0.720. The minimum Gasteiger partial charge on any atom is -0.497 e. The fourth-order valence-corrected chi connectivity index (χ4v) is 4.77. The van der Waals surface area contributed by atoms with E-state index in [4.69, 9.17) is 9.47 Å². The number of carbonyl (C=O) groups excluding carboxylic acids is 1. The van der Waals surface area contributed by atoms with Crippen LogP contribution in [0.5, 0.6) is 11.5 Å². The first-order valence-corrected chi connectivity index (χ1v) is 10.4. The maximum Gasteiger partial charge on any atom is 0.222 e. The van der Waals surface area contributed by atoms with Gasteiger partial charge in [-0.05, 0) is 42.3 Å². The Morgan fingerprint density at radius 3 is 2.39 bits per heavy atom. The molecule has 6 nitrogen and oxygen atoms in total. The average molecular weight is 407 g/mol. The molecule has 1 aliphatic rings. The van der Waals surface area contributed by atoms with Gasteiger partial charge in [0.15, 0.2) is 9.84 Å². The molecule has 0 radical (unpaired) electrons. The molecule has 1 saturated heterocycles. The third kappa shape index (κ3) is 4.11. The lowest BCUT2D eigenvalue weighted by Crippen LogP contribution is -2.56. The van der Waals surface area contributed by atoms with E-state index in [2.05, 4.69) is 0 Å². The molecule has 0 atom stereocenters. The molecule has 3 rings (SSSR count). The number of amides is 1. The van der Waals surface area contributed by atoms with E-state index in [9.17, 15) is 17.6 Å². The first kappa shape index (κ1) is 20.1. The van der Waals surface area contributed by atoms with Gasteiger partial charge in [-0.15, -0.1) is 0 Å². The number of carbonyl (C=O) groups is 1. The van der Waals surface area contributed by atoms with Crippen molar-refractivity contribution in [3.05, 3.63) is 53.8 Å². The quantitative estimate of drug-likeness (QED) is 0.660. The number of aryl methyl sites for hydroxylation is 1. The van der Waals surface area contributed by atoms with Gasteiger partial charge in [0.25, 0.3) is 0 Å². The molecule has 1 aliphatic heterocycles. The van der Waals surface area contributed by atoms with Crippen LogP contribution in [-0.2, 0) is 21.1 Å². The van der Waals surface area contributed by atoms with Crippen LogP contribution in [0.3, 0.4) is 0 Å². The summed E-state index contributed by atoms with van der Waals surface area (Å²) in [6.07, 6.45) is 0.740. The third-order valence-corrected chi connectivity index (χ3v) is 6.99. The zero-order chi connectivity index (χ0) is 20.3. The summed E-state index contributed by atoms with van der Waals surface area (Å²) in [5.41, 5.74) is 0.882. The SMILES string of the molecule is COc1ccc(CCC(=O)N2CC(S(=O)(=O)c3ccc(F)cc3)C2)c(OC)c1. The molecule has 1 amide bonds. The van der Waals surface area contributed by atoms with Gasteiger partial charge >= 0.3 is 0 Å². The third-order valence-electron chi connectivity index (χ3n) is 4.88. The minimum atomic E-state index is -3.57. The van der Waals surface area contributed by atoms with E-state index in [1.54, 1.807) is 26.4 Å². The molecule has 0 bridgehead atoms. The Kier molecular flexibility index (Phi) is 5.88. The molecule has 1 fully saturated rings. The summed E-state index contributed by atoms with van der Waals surface area (Å²) in [7, 11) is -0.442. The number of methoxy groups -OCH3 is 2. The molecular formula is C20H22FNO5S. The Morgan fingerprint density at radius 1 is 1.11 bits per heavy atom. The van der Waals surface area contributed by atoms with Crippen LogP contribution in [0.1, 0.15) is 12.0 Å². The first-order valence-electron chi connectivity index (χ1n) is 8.83. The maximum absolute atomic E-state index is 13.0. The fraction of sp³-hybridized carbons (Fsp3) is 0.350. The Hall–Kier alpha value is -2.61. The van der Waals surface area contributed by atoms with E-state index >= 15 is 0 Å². The van der Waals surface area contributed by atoms with Gasteiger partial charge in [0.1, 0.15) is 22.6 Å². The summed E-state index contributed by atoms with van der Waals surface area (Å²) < 4.78 is 48.5. The predicted octanol–water partition coefficient (Wildman–Crippen LogP) is 2.46. The number of sulfone groups is 1. The van der Waals surface area contributed by atoms with Gasteiger partial charge in [0.05, 0.1) is 19.1 Å². The molecule has 150 valence electrons. The Bertz CT molecular complexity index is 953. The van der Waals surface area contributed by atoms with Gasteiger partial charge in [-0.2, -0.15) is 0 Å². The van der Waals surface area contributed by atoms with Gasteiger partial charge in [-0.1, -0.05) is 6.07 Å². The van der Waals surface area contributed by atoms with Crippen molar-refractivity contribution in [2.45, 2.75) is 23.0 Å². The number of nitrogens with zero attached hydrogens (tertiary/aromatic N) is 1. The van der Waals surface area contributed by atoms with E-state index < -0.39 is 20.9 Å². The van der Waals surface area contributed by atoms with Crippen LogP contribution >= 0.6 is 0 Å². The van der Waals surface area contributed by atoms with Gasteiger partial charge in [0.2, 0.25) is 5.91 Å². The van der Waals surface area contributed by atoms with Crippen molar-refractivity contribution in [2.24, 2.45) is 0 Å². The number of rotatable bonds is 7. The molecule has 2 aromatic rings. The van der Waals surface area contributed by atoms with Crippen molar-refractivity contribution < 1.29 is 27.1 Å². The normalized spacial score (nSPS) is 14.5. The van der Waals surface area contributed by atoms with Crippen LogP contribution in [0.4, 0.5) is 4.39 Å². The molecule has 0 N–H and O–H groups in total. The summed E-state index contributed by atoms with van der Waals surface area (Å²) >= 11 is 0. The summed E-state index contributed by atoms with van der Waals surface area (Å²) in [4.78, 5) is 14.0. The molecule has 0 spiro atoms. The monoisotopic (exact) mass is 407 g/mol. The van der Waals surface area contributed by atoms with E-state index in [-0.39, 0.29) is 30.3 Å². The maximum atomic E-state index is 13.0. The lowest BCUT2D eigenvalue weighted by Gasteiger charge is -2.38. The Balaban J connectivity index is 1.56. The molecule has 0 saturated carbocycles. The molecule has 28 heavy (non-hydrogen) atoms. The number of hydrogen-bond acceptors (Lipinski definition) is 5. The van der Waals surface area contributed by atoms with Crippen LogP contribution in [0.25, 0.3) is 0 Å². The van der Waals surface area contributed by atoms with Gasteiger partial charge < -0.3 is 14.4 Å². The van der Waals surface area contributed by atoms with Gasteiger partial charge in [-0.25, -0.2) is 12.8 Å². The van der Waals surface area contributed by atoms with E-state index in [0.29, 0.717) is 17.9 Å². The molecule has 0 aliphatic carbocycles. The molecule has 0 aromatic heterocycles. The second-order valence-electron chi connectivity index (χ2n) is 6.60. The highest BCUT2D eigenvalue weighted by Crippen LogP contribution is 2.27. The lowest BCUT2D eigenvalue weighted by atomic mass is 10.1. The van der Waals surface area contributed by atoms with Crippen molar-refractivity contribution in [3.8, 4) is 11.5 Å². The summed E-state index contributed by atoms with van der Waals surface area (Å²) in [6.45, 7) is 0.302.